The van der Waals surface area contributed by atoms with Gasteiger partial charge in [0.05, 0.1) is 28.0 Å². The lowest BCUT2D eigenvalue weighted by Gasteiger charge is -2.02. The number of nitrogens with one attached hydrogen (secondary N) is 1. The number of amides is 1. The molecule has 0 atom stereocenters. The number of carbonyl (C=O) groups excluding carboxylic acids is 1. The quantitative estimate of drug-likeness (QED) is 0.550. The minimum Gasteiger partial charge on any atom is -0.506 e. The van der Waals surface area contributed by atoms with Crippen molar-refractivity contribution in [2.45, 2.75) is 0 Å². The van der Waals surface area contributed by atoms with Crippen molar-refractivity contribution in [3.63, 3.8) is 0 Å². The second-order valence-corrected chi connectivity index (χ2v) is 6.60. The molecule has 1 amide bonds. The van der Waals surface area contributed by atoms with Crippen LogP contribution in [0, 0.1) is 0 Å². The number of phenolic OH excluding ortho intramolecular Hbond substituents is 1. The van der Waals surface area contributed by atoms with E-state index in [0.717, 1.165) is 0 Å². The summed E-state index contributed by atoms with van der Waals surface area (Å²) < 4.78 is 6.22. The molecule has 122 valence electrons. The molecule has 6 nitrogen and oxygen atoms in total. The van der Waals surface area contributed by atoms with Gasteiger partial charge in [0.15, 0.2) is 5.71 Å². The van der Waals surface area contributed by atoms with E-state index in [1.54, 1.807) is 37.4 Å². The van der Waals surface area contributed by atoms with Gasteiger partial charge < -0.3 is 15.2 Å². The Morgan fingerprint density at radius 3 is 2.58 bits per heavy atom. The Labute approximate surface area is 154 Å². The zero-order valence-electron chi connectivity index (χ0n) is 12.4. The second-order valence-electron chi connectivity index (χ2n) is 4.89. The maximum absolute atomic E-state index is 12.0. The standard InChI is InChI=1S/C16H11Br2N3O3/c1-24-9-2-3-13-10(6-9)14(16(23)20-13)21-19-7-8-4-11(17)15(22)12(18)5-8/h2-7,22H,1H3,(H,20,21,23). The number of hydrogen-bond donors (Lipinski definition) is 2. The average Bonchev–Trinajstić information content (AvgIpc) is 2.87. The van der Waals surface area contributed by atoms with Crippen LogP contribution in [-0.2, 0) is 4.79 Å². The Hall–Kier alpha value is -2.19. The number of methoxy groups -OCH3 is 1. The van der Waals surface area contributed by atoms with Crippen LogP contribution >= 0.6 is 31.9 Å². The van der Waals surface area contributed by atoms with E-state index < -0.39 is 0 Å². The summed E-state index contributed by atoms with van der Waals surface area (Å²) >= 11 is 6.49. The summed E-state index contributed by atoms with van der Waals surface area (Å²) in [7, 11) is 1.56. The molecule has 8 heteroatoms. The van der Waals surface area contributed by atoms with Crippen LogP contribution in [0.2, 0.25) is 0 Å². The van der Waals surface area contributed by atoms with Crippen LogP contribution in [0.25, 0.3) is 0 Å². The number of ether oxygens (including phenoxy) is 1. The van der Waals surface area contributed by atoms with Crippen LogP contribution in [0.4, 0.5) is 5.69 Å². The molecule has 0 unspecified atom stereocenters. The third kappa shape index (κ3) is 3.20. The Kier molecular flexibility index (Phi) is 4.68. The van der Waals surface area contributed by atoms with E-state index in [0.29, 0.717) is 31.5 Å². The smallest absolute Gasteiger partial charge is 0.276 e. The van der Waals surface area contributed by atoms with Gasteiger partial charge in [0, 0.05) is 5.56 Å². The fraction of sp³-hybridized carbons (Fsp3) is 0.0625. The van der Waals surface area contributed by atoms with Gasteiger partial charge in [0.2, 0.25) is 0 Å². The van der Waals surface area contributed by atoms with Gasteiger partial charge in [0.1, 0.15) is 11.5 Å². The van der Waals surface area contributed by atoms with Crippen molar-refractivity contribution in [1.82, 2.24) is 0 Å². The number of halogens is 2. The van der Waals surface area contributed by atoms with Crippen molar-refractivity contribution in [3.8, 4) is 11.5 Å². The fourth-order valence-electron chi connectivity index (χ4n) is 2.17. The molecule has 2 aromatic carbocycles. The van der Waals surface area contributed by atoms with Crippen molar-refractivity contribution < 1.29 is 14.6 Å². The van der Waals surface area contributed by atoms with Gasteiger partial charge in [-0.3, -0.25) is 4.79 Å². The highest BCUT2D eigenvalue weighted by molar-refractivity contribution is 9.11. The minimum atomic E-state index is -0.316. The van der Waals surface area contributed by atoms with Crippen LogP contribution in [0.15, 0.2) is 49.5 Å². The van der Waals surface area contributed by atoms with E-state index >= 15 is 0 Å². The van der Waals surface area contributed by atoms with Gasteiger partial charge in [-0.2, -0.15) is 5.10 Å². The lowest BCUT2D eigenvalue weighted by molar-refractivity contribution is -0.110. The van der Waals surface area contributed by atoms with E-state index in [9.17, 15) is 9.90 Å². The van der Waals surface area contributed by atoms with Crippen LogP contribution in [-0.4, -0.2) is 30.0 Å². The molecule has 0 saturated heterocycles. The first-order valence-electron chi connectivity index (χ1n) is 6.78. The SMILES string of the molecule is COc1ccc2c(c1)/C(=N/N=Cc1cc(Br)c(O)c(Br)c1)C(=O)N2. The molecule has 0 radical (unpaired) electrons. The molecule has 1 aliphatic rings. The Morgan fingerprint density at radius 2 is 1.92 bits per heavy atom. The zero-order valence-corrected chi connectivity index (χ0v) is 15.6. The zero-order chi connectivity index (χ0) is 17.3. The summed E-state index contributed by atoms with van der Waals surface area (Å²) in [4.78, 5) is 12.0. The van der Waals surface area contributed by atoms with Crippen LogP contribution in [0.1, 0.15) is 11.1 Å². The molecule has 0 aliphatic carbocycles. The highest BCUT2D eigenvalue weighted by Gasteiger charge is 2.26. The number of hydrogen-bond acceptors (Lipinski definition) is 5. The Bertz CT molecular complexity index is 871. The number of rotatable bonds is 3. The normalized spacial score (nSPS) is 15.0. The molecule has 1 aliphatic heterocycles. The predicted octanol–water partition coefficient (Wildman–Crippen LogP) is 3.70. The van der Waals surface area contributed by atoms with Crippen LogP contribution in [0.3, 0.4) is 0 Å². The maximum Gasteiger partial charge on any atom is 0.276 e. The molecule has 0 spiro atoms. The van der Waals surface area contributed by atoms with Gasteiger partial charge in [-0.05, 0) is 67.8 Å². The number of nitrogens with zero attached hydrogens (tertiary/aromatic N) is 2. The van der Waals surface area contributed by atoms with E-state index in [4.69, 9.17) is 4.74 Å². The summed E-state index contributed by atoms with van der Waals surface area (Å²) in [5, 5.41) is 20.4. The second kappa shape index (κ2) is 6.74. The molecule has 24 heavy (non-hydrogen) atoms. The molecular formula is C16H11Br2N3O3. The molecule has 0 aromatic heterocycles. The highest BCUT2D eigenvalue weighted by Crippen LogP contribution is 2.33. The van der Waals surface area contributed by atoms with Crippen molar-refractivity contribution in [2.24, 2.45) is 10.2 Å². The largest absolute Gasteiger partial charge is 0.506 e. The molecule has 3 rings (SSSR count). The van der Waals surface area contributed by atoms with E-state index in [1.165, 1.54) is 6.21 Å². The van der Waals surface area contributed by atoms with Crippen molar-refractivity contribution in [3.05, 3.63) is 50.4 Å². The van der Waals surface area contributed by atoms with Crippen LogP contribution in [0.5, 0.6) is 11.5 Å². The number of carbonyl (C=O) groups is 1. The molecule has 0 fully saturated rings. The first-order valence-corrected chi connectivity index (χ1v) is 8.37. The predicted molar refractivity (Wildman–Crippen MR) is 99.3 cm³/mol. The molecule has 0 bridgehead atoms. The van der Waals surface area contributed by atoms with Crippen LogP contribution < -0.4 is 10.1 Å². The average molecular weight is 453 g/mol. The number of phenols is 1. The monoisotopic (exact) mass is 451 g/mol. The fourth-order valence-corrected chi connectivity index (χ4v) is 3.39. The van der Waals surface area contributed by atoms with Gasteiger partial charge in [-0.1, -0.05) is 0 Å². The van der Waals surface area contributed by atoms with Crippen molar-refractivity contribution in [2.75, 3.05) is 12.4 Å². The van der Waals surface area contributed by atoms with Crippen molar-refractivity contribution in [1.29, 1.82) is 0 Å². The molecule has 0 saturated carbocycles. The molecule has 2 N–H and O–H groups in total. The van der Waals surface area contributed by atoms with Gasteiger partial charge >= 0.3 is 0 Å². The summed E-state index contributed by atoms with van der Waals surface area (Å²) in [6, 6.07) is 8.63. The molecule has 1 heterocycles. The topological polar surface area (TPSA) is 83.3 Å². The Balaban J connectivity index is 1.92. The number of fused-ring (bicyclic) bond motifs is 1. The first-order chi connectivity index (χ1) is 11.5. The van der Waals surface area contributed by atoms with E-state index in [2.05, 4.69) is 47.4 Å². The van der Waals surface area contributed by atoms with Gasteiger partial charge in [-0.15, -0.1) is 5.10 Å². The Morgan fingerprint density at radius 1 is 1.21 bits per heavy atom. The lowest BCUT2D eigenvalue weighted by Crippen LogP contribution is -2.13. The van der Waals surface area contributed by atoms with Crippen molar-refractivity contribution >= 4 is 55.4 Å². The third-order valence-corrected chi connectivity index (χ3v) is 4.56. The van der Waals surface area contributed by atoms with E-state index in [1.807, 2.05) is 0 Å². The maximum atomic E-state index is 12.0. The molecular weight excluding hydrogens is 442 g/mol. The van der Waals surface area contributed by atoms with Gasteiger partial charge in [-0.25, -0.2) is 0 Å². The lowest BCUT2D eigenvalue weighted by atomic mass is 10.1. The summed E-state index contributed by atoms with van der Waals surface area (Å²) in [5.41, 5.74) is 2.24. The summed E-state index contributed by atoms with van der Waals surface area (Å²) in [6.07, 6.45) is 1.49. The van der Waals surface area contributed by atoms with E-state index in [-0.39, 0.29) is 17.4 Å². The first kappa shape index (κ1) is 16.7. The minimum absolute atomic E-state index is 0.106. The number of benzene rings is 2. The third-order valence-electron chi connectivity index (χ3n) is 3.35. The number of anilines is 1. The molecule has 2 aromatic rings. The highest BCUT2D eigenvalue weighted by atomic mass is 79.9. The summed E-state index contributed by atoms with van der Waals surface area (Å²) in [6.45, 7) is 0. The summed E-state index contributed by atoms with van der Waals surface area (Å²) in [5.74, 6) is 0.423. The van der Waals surface area contributed by atoms with Gasteiger partial charge in [0.25, 0.3) is 5.91 Å². The number of aromatic hydroxyl groups is 1.